The van der Waals surface area contributed by atoms with Crippen LogP contribution in [0.15, 0.2) is 22.7 Å². The number of aryl methyl sites for hydroxylation is 4. The number of nitrogens with zero attached hydrogens (tertiary/aromatic N) is 3. The van der Waals surface area contributed by atoms with E-state index in [1.165, 1.54) is 5.56 Å². The van der Waals surface area contributed by atoms with Crippen molar-refractivity contribution in [3.8, 4) is 5.75 Å². The van der Waals surface area contributed by atoms with E-state index < -0.39 is 5.60 Å². The molecule has 0 aliphatic carbocycles. The molecule has 1 aliphatic heterocycles. The molecule has 0 radical (unpaired) electrons. The normalized spacial score (nSPS) is 16.2. The molecule has 1 aromatic heterocycles. The fourth-order valence-electron chi connectivity index (χ4n) is 3.25. The molecule has 0 unspecified atom stereocenters. The van der Waals surface area contributed by atoms with Crippen molar-refractivity contribution in [3.05, 3.63) is 41.0 Å². The van der Waals surface area contributed by atoms with Crippen LogP contribution in [0.1, 0.15) is 49.0 Å². The maximum absolute atomic E-state index is 12.4. The van der Waals surface area contributed by atoms with Gasteiger partial charge in [-0.2, -0.15) is 4.98 Å². The Hall–Kier alpha value is -2.41. The molecule has 28 heavy (non-hydrogen) atoms. The van der Waals surface area contributed by atoms with Crippen molar-refractivity contribution in [3.63, 3.8) is 0 Å². The smallest absolute Gasteiger partial charge is 0.227 e. The lowest BCUT2D eigenvalue weighted by atomic mass is 9.92. The second-order valence-electron chi connectivity index (χ2n) is 7.60. The minimum absolute atomic E-state index is 0.0494. The summed E-state index contributed by atoms with van der Waals surface area (Å²) in [5.41, 5.74) is 1.47. The van der Waals surface area contributed by atoms with Crippen LogP contribution in [-0.4, -0.2) is 51.4 Å². The Morgan fingerprint density at radius 3 is 2.68 bits per heavy atom. The fraction of sp³-hybridized carbons (Fsp3) is 0.571. The van der Waals surface area contributed by atoms with E-state index in [4.69, 9.17) is 9.26 Å². The SMILES string of the molecule is CCc1noc(CCC(=O)N2CCC(O)(COc3ccc(C)c(C)c3)CC2)n1. The number of likely N-dealkylation sites (tertiary alicyclic amines) is 1. The summed E-state index contributed by atoms with van der Waals surface area (Å²) in [5.74, 6) is 1.98. The number of aliphatic hydroxyl groups is 1. The first-order valence-electron chi connectivity index (χ1n) is 9.90. The first-order valence-corrected chi connectivity index (χ1v) is 9.90. The highest BCUT2D eigenvalue weighted by molar-refractivity contribution is 5.76. The summed E-state index contributed by atoms with van der Waals surface area (Å²) in [6, 6.07) is 5.92. The van der Waals surface area contributed by atoms with E-state index in [1.807, 2.05) is 32.0 Å². The molecule has 3 rings (SSSR count). The van der Waals surface area contributed by atoms with Crippen molar-refractivity contribution in [1.29, 1.82) is 0 Å². The number of carbonyl (C=O) groups is 1. The third kappa shape index (κ3) is 5.10. The van der Waals surface area contributed by atoms with E-state index in [1.54, 1.807) is 4.90 Å². The minimum atomic E-state index is -0.905. The van der Waals surface area contributed by atoms with Crippen LogP contribution in [0.2, 0.25) is 0 Å². The zero-order chi connectivity index (χ0) is 20.1. The average molecular weight is 387 g/mol. The Kier molecular flexibility index (Phi) is 6.34. The van der Waals surface area contributed by atoms with Crippen molar-refractivity contribution in [2.24, 2.45) is 0 Å². The van der Waals surface area contributed by atoms with Gasteiger partial charge in [-0.15, -0.1) is 0 Å². The lowest BCUT2D eigenvalue weighted by molar-refractivity contribution is -0.136. The van der Waals surface area contributed by atoms with Gasteiger partial charge in [0.2, 0.25) is 11.8 Å². The topological polar surface area (TPSA) is 88.7 Å². The molecule has 7 heteroatoms. The standard InChI is InChI=1S/C21H29N3O4/c1-4-18-22-19(28-23-18)7-8-20(25)24-11-9-21(26,10-12-24)14-27-17-6-5-15(2)16(3)13-17/h5-6,13,26H,4,7-12,14H2,1-3H3. The van der Waals surface area contributed by atoms with Gasteiger partial charge >= 0.3 is 0 Å². The highest BCUT2D eigenvalue weighted by Gasteiger charge is 2.34. The summed E-state index contributed by atoms with van der Waals surface area (Å²) in [5, 5.41) is 14.6. The van der Waals surface area contributed by atoms with Crippen LogP contribution in [0.4, 0.5) is 0 Å². The second-order valence-corrected chi connectivity index (χ2v) is 7.60. The largest absolute Gasteiger partial charge is 0.491 e. The van der Waals surface area contributed by atoms with Crippen LogP contribution in [0.25, 0.3) is 0 Å². The summed E-state index contributed by atoms with van der Waals surface area (Å²) in [4.78, 5) is 18.5. The van der Waals surface area contributed by atoms with E-state index in [-0.39, 0.29) is 12.5 Å². The first kappa shape index (κ1) is 20.3. The van der Waals surface area contributed by atoms with E-state index >= 15 is 0 Å². The second kappa shape index (κ2) is 8.73. The predicted molar refractivity (Wildman–Crippen MR) is 104 cm³/mol. The molecule has 2 heterocycles. The Bertz CT molecular complexity index is 810. The van der Waals surface area contributed by atoms with Crippen molar-refractivity contribution in [1.82, 2.24) is 15.0 Å². The number of amides is 1. The van der Waals surface area contributed by atoms with Gasteiger partial charge in [-0.25, -0.2) is 0 Å². The average Bonchev–Trinajstić information content (AvgIpc) is 3.16. The first-order chi connectivity index (χ1) is 13.4. The number of hydrogen-bond acceptors (Lipinski definition) is 6. The fourth-order valence-corrected chi connectivity index (χ4v) is 3.25. The highest BCUT2D eigenvalue weighted by Crippen LogP contribution is 2.25. The molecule has 152 valence electrons. The number of carbonyl (C=O) groups excluding carboxylic acids is 1. The molecule has 1 fully saturated rings. The maximum Gasteiger partial charge on any atom is 0.227 e. The molecular formula is C21H29N3O4. The van der Waals surface area contributed by atoms with Crippen LogP contribution >= 0.6 is 0 Å². The monoisotopic (exact) mass is 387 g/mol. The quantitative estimate of drug-likeness (QED) is 0.786. The zero-order valence-corrected chi connectivity index (χ0v) is 16.9. The van der Waals surface area contributed by atoms with Gasteiger partial charge in [-0.05, 0) is 49.9 Å². The number of rotatable bonds is 7. The van der Waals surface area contributed by atoms with Crippen LogP contribution in [0.3, 0.4) is 0 Å². The predicted octanol–water partition coefficient (Wildman–Crippen LogP) is 2.61. The highest BCUT2D eigenvalue weighted by atomic mass is 16.5. The zero-order valence-electron chi connectivity index (χ0n) is 16.9. The number of benzene rings is 1. The van der Waals surface area contributed by atoms with E-state index in [0.29, 0.717) is 56.9 Å². The molecule has 1 aromatic carbocycles. The molecule has 1 saturated heterocycles. The minimum Gasteiger partial charge on any atom is -0.491 e. The molecule has 7 nitrogen and oxygen atoms in total. The van der Waals surface area contributed by atoms with E-state index in [2.05, 4.69) is 17.1 Å². The van der Waals surface area contributed by atoms with E-state index in [0.717, 1.165) is 11.3 Å². The molecule has 1 amide bonds. The molecule has 0 spiro atoms. The number of hydrogen-bond donors (Lipinski definition) is 1. The summed E-state index contributed by atoms with van der Waals surface area (Å²) in [7, 11) is 0. The lowest BCUT2D eigenvalue weighted by Gasteiger charge is -2.38. The van der Waals surface area contributed by atoms with Gasteiger partial charge in [-0.1, -0.05) is 18.1 Å². The van der Waals surface area contributed by atoms with Gasteiger partial charge in [0.15, 0.2) is 5.82 Å². The summed E-state index contributed by atoms with van der Waals surface area (Å²) >= 11 is 0. The van der Waals surface area contributed by atoms with Gasteiger partial charge in [0, 0.05) is 32.4 Å². The van der Waals surface area contributed by atoms with Gasteiger partial charge in [-0.3, -0.25) is 4.79 Å². The van der Waals surface area contributed by atoms with Crippen molar-refractivity contribution in [2.45, 2.75) is 58.5 Å². The lowest BCUT2D eigenvalue weighted by Crippen LogP contribution is -2.49. The molecule has 2 aromatic rings. The Morgan fingerprint density at radius 2 is 2.04 bits per heavy atom. The molecule has 1 aliphatic rings. The molecule has 1 N–H and O–H groups in total. The van der Waals surface area contributed by atoms with Crippen LogP contribution in [0.5, 0.6) is 5.75 Å². The summed E-state index contributed by atoms with van der Waals surface area (Å²) in [6.45, 7) is 7.34. The third-order valence-electron chi connectivity index (χ3n) is 5.41. The molecule has 0 atom stereocenters. The Labute approximate surface area is 165 Å². The van der Waals surface area contributed by atoms with Crippen molar-refractivity contribution < 1.29 is 19.2 Å². The molecule has 0 saturated carbocycles. The number of ether oxygens (including phenoxy) is 1. The molecular weight excluding hydrogens is 358 g/mol. The summed E-state index contributed by atoms with van der Waals surface area (Å²) < 4.78 is 10.9. The van der Waals surface area contributed by atoms with Crippen LogP contribution in [-0.2, 0) is 17.6 Å². The van der Waals surface area contributed by atoms with Crippen molar-refractivity contribution >= 4 is 5.91 Å². The maximum atomic E-state index is 12.4. The van der Waals surface area contributed by atoms with Gasteiger partial charge in [0.1, 0.15) is 18.0 Å². The number of aromatic nitrogens is 2. The molecule has 0 bridgehead atoms. The van der Waals surface area contributed by atoms with Gasteiger partial charge in [0.05, 0.1) is 0 Å². The van der Waals surface area contributed by atoms with E-state index in [9.17, 15) is 9.90 Å². The van der Waals surface area contributed by atoms with Crippen LogP contribution in [0, 0.1) is 13.8 Å². The summed E-state index contributed by atoms with van der Waals surface area (Å²) in [6.07, 6.45) is 2.51. The van der Waals surface area contributed by atoms with Gasteiger partial charge < -0.3 is 19.3 Å². The van der Waals surface area contributed by atoms with Gasteiger partial charge in [0.25, 0.3) is 0 Å². The van der Waals surface area contributed by atoms with Crippen molar-refractivity contribution in [2.75, 3.05) is 19.7 Å². The third-order valence-corrected chi connectivity index (χ3v) is 5.41. The Balaban J connectivity index is 1.44. The number of piperidine rings is 1. The van der Waals surface area contributed by atoms with Crippen LogP contribution < -0.4 is 4.74 Å². The Morgan fingerprint density at radius 1 is 1.29 bits per heavy atom.